The number of ether oxygens (including phenoxy) is 1. The summed E-state index contributed by atoms with van der Waals surface area (Å²) in [6.45, 7) is 1.77. The molecule has 0 spiro atoms. The number of oxime groups is 1. The summed E-state index contributed by atoms with van der Waals surface area (Å²) < 4.78 is 4.70. The third-order valence-corrected chi connectivity index (χ3v) is 2.74. The van der Waals surface area contributed by atoms with Gasteiger partial charge in [-0.05, 0) is 19.4 Å². The SMILES string of the molecule is CCOC(=O)/C(CCc1ccc(Cl)cc1[N+](=O)[O-])=N\O. The van der Waals surface area contributed by atoms with E-state index in [0.29, 0.717) is 5.56 Å². The Morgan fingerprint density at radius 1 is 1.55 bits per heavy atom. The van der Waals surface area contributed by atoms with Gasteiger partial charge < -0.3 is 9.94 Å². The summed E-state index contributed by atoms with van der Waals surface area (Å²) in [5.41, 5.74) is 0.0691. The van der Waals surface area contributed by atoms with E-state index in [9.17, 15) is 14.9 Å². The Kier molecular flexibility index (Phi) is 5.92. The van der Waals surface area contributed by atoms with Crippen molar-refractivity contribution in [1.82, 2.24) is 0 Å². The summed E-state index contributed by atoms with van der Waals surface area (Å²) in [5.74, 6) is -0.744. The van der Waals surface area contributed by atoms with Crippen LogP contribution >= 0.6 is 11.6 Å². The molecule has 108 valence electrons. The minimum Gasteiger partial charge on any atom is -0.461 e. The molecule has 1 N–H and O–H groups in total. The molecule has 0 radical (unpaired) electrons. The van der Waals surface area contributed by atoms with Crippen molar-refractivity contribution in [1.29, 1.82) is 0 Å². The highest BCUT2D eigenvalue weighted by atomic mass is 35.5. The summed E-state index contributed by atoms with van der Waals surface area (Å²) in [5, 5.41) is 22.8. The van der Waals surface area contributed by atoms with Crippen LogP contribution in [0.2, 0.25) is 5.02 Å². The Morgan fingerprint density at radius 3 is 2.80 bits per heavy atom. The molecule has 0 saturated heterocycles. The minimum atomic E-state index is -0.744. The van der Waals surface area contributed by atoms with Gasteiger partial charge in [-0.2, -0.15) is 0 Å². The number of halogens is 1. The van der Waals surface area contributed by atoms with Gasteiger partial charge >= 0.3 is 5.97 Å². The summed E-state index contributed by atoms with van der Waals surface area (Å²) in [6.07, 6.45) is 0.184. The highest BCUT2D eigenvalue weighted by Gasteiger charge is 2.18. The van der Waals surface area contributed by atoms with Crippen molar-refractivity contribution in [3.8, 4) is 0 Å². The van der Waals surface area contributed by atoms with Crippen molar-refractivity contribution in [3.05, 3.63) is 38.9 Å². The summed E-state index contributed by atoms with van der Waals surface area (Å²) in [4.78, 5) is 21.7. The maximum atomic E-state index is 11.4. The van der Waals surface area contributed by atoms with Crippen molar-refractivity contribution < 1.29 is 19.7 Å². The van der Waals surface area contributed by atoms with Crippen LogP contribution < -0.4 is 0 Å². The van der Waals surface area contributed by atoms with Gasteiger partial charge in [-0.15, -0.1) is 0 Å². The smallest absolute Gasteiger partial charge is 0.356 e. The maximum Gasteiger partial charge on any atom is 0.356 e. The van der Waals surface area contributed by atoms with Gasteiger partial charge in [0.1, 0.15) is 0 Å². The molecule has 0 aliphatic rings. The van der Waals surface area contributed by atoms with Gasteiger partial charge in [0, 0.05) is 23.1 Å². The van der Waals surface area contributed by atoms with Crippen LogP contribution in [0.15, 0.2) is 23.4 Å². The zero-order valence-corrected chi connectivity index (χ0v) is 11.5. The van der Waals surface area contributed by atoms with Crippen molar-refractivity contribution in [3.63, 3.8) is 0 Å². The number of benzene rings is 1. The fourth-order valence-corrected chi connectivity index (χ4v) is 1.75. The van der Waals surface area contributed by atoms with E-state index in [1.807, 2.05) is 0 Å². The summed E-state index contributed by atoms with van der Waals surface area (Å²) in [7, 11) is 0. The molecule has 0 aliphatic carbocycles. The van der Waals surface area contributed by atoms with Crippen LogP contribution in [0.25, 0.3) is 0 Å². The molecule has 7 nitrogen and oxygen atoms in total. The van der Waals surface area contributed by atoms with Crippen LogP contribution in [0.1, 0.15) is 18.9 Å². The van der Waals surface area contributed by atoms with E-state index < -0.39 is 10.9 Å². The predicted octanol–water partition coefficient (Wildman–Crippen LogP) is 2.57. The first kappa shape index (κ1) is 15.9. The molecule has 0 aromatic heterocycles. The molecule has 0 saturated carbocycles. The summed E-state index contributed by atoms with van der Waals surface area (Å²) >= 11 is 5.70. The number of aryl methyl sites for hydroxylation is 1. The molecule has 1 rings (SSSR count). The fourth-order valence-electron chi connectivity index (χ4n) is 1.58. The lowest BCUT2D eigenvalue weighted by molar-refractivity contribution is -0.385. The Bertz CT molecular complexity index is 545. The van der Waals surface area contributed by atoms with Crippen molar-refractivity contribution in [2.24, 2.45) is 5.16 Å². The Labute approximate surface area is 119 Å². The lowest BCUT2D eigenvalue weighted by Gasteiger charge is -2.05. The fraction of sp³-hybridized carbons (Fsp3) is 0.333. The van der Waals surface area contributed by atoms with Gasteiger partial charge in [0.25, 0.3) is 5.69 Å². The molecule has 0 unspecified atom stereocenters. The molecule has 1 aromatic rings. The number of nitrogens with zero attached hydrogens (tertiary/aromatic N) is 2. The zero-order chi connectivity index (χ0) is 15.1. The molecule has 0 aliphatic heterocycles. The number of hydrogen-bond donors (Lipinski definition) is 1. The second-order valence-corrected chi connectivity index (χ2v) is 4.23. The van der Waals surface area contributed by atoms with E-state index >= 15 is 0 Å². The van der Waals surface area contributed by atoms with Crippen LogP contribution in [-0.4, -0.2) is 28.4 Å². The Hall–Kier alpha value is -2.15. The van der Waals surface area contributed by atoms with E-state index in [1.165, 1.54) is 18.2 Å². The number of carbonyl (C=O) groups excluding carboxylic acids is 1. The van der Waals surface area contributed by atoms with Crippen LogP contribution in [-0.2, 0) is 16.0 Å². The van der Waals surface area contributed by atoms with Gasteiger partial charge in [0.05, 0.1) is 11.5 Å². The minimum absolute atomic E-state index is 0.0256. The number of nitro groups is 1. The molecule has 1 aromatic carbocycles. The Balaban J connectivity index is 2.84. The first-order valence-corrected chi connectivity index (χ1v) is 6.18. The van der Waals surface area contributed by atoms with E-state index in [2.05, 4.69) is 5.16 Å². The normalized spacial score (nSPS) is 11.2. The predicted molar refractivity (Wildman–Crippen MR) is 72.3 cm³/mol. The summed E-state index contributed by atoms with van der Waals surface area (Å²) in [6, 6.07) is 4.25. The quantitative estimate of drug-likeness (QED) is 0.286. The molecule has 0 atom stereocenters. The van der Waals surface area contributed by atoms with Crippen LogP contribution in [0.3, 0.4) is 0 Å². The van der Waals surface area contributed by atoms with Crippen LogP contribution in [0, 0.1) is 10.1 Å². The molecule has 20 heavy (non-hydrogen) atoms. The van der Waals surface area contributed by atoms with Crippen molar-refractivity contribution in [2.75, 3.05) is 6.61 Å². The Morgan fingerprint density at radius 2 is 2.25 bits per heavy atom. The maximum absolute atomic E-state index is 11.4. The van der Waals surface area contributed by atoms with Gasteiger partial charge in [0.2, 0.25) is 0 Å². The monoisotopic (exact) mass is 300 g/mol. The lowest BCUT2D eigenvalue weighted by atomic mass is 10.1. The second-order valence-electron chi connectivity index (χ2n) is 3.80. The number of carbonyl (C=O) groups is 1. The van der Waals surface area contributed by atoms with E-state index in [0.717, 1.165) is 0 Å². The van der Waals surface area contributed by atoms with Crippen molar-refractivity contribution >= 4 is 29.0 Å². The topological polar surface area (TPSA) is 102 Å². The largest absolute Gasteiger partial charge is 0.461 e. The molecule has 0 bridgehead atoms. The van der Waals surface area contributed by atoms with E-state index in [-0.39, 0.29) is 35.9 Å². The average molecular weight is 301 g/mol. The standard InChI is InChI=1S/C12H13ClN2O5/c1-2-20-12(16)10(14-17)6-4-8-3-5-9(13)7-11(8)15(18)19/h3,5,7,17H,2,4,6H2,1H3/b14-10-. The third kappa shape index (κ3) is 4.20. The molecular formula is C12H13ClN2O5. The molecule has 0 amide bonds. The highest BCUT2D eigenvalue weighted by Crippen LogP contribution is 2.24. The van der Waals surface area contributed by atoms with Crippen LogP contribution in [0.4, 0.5) is 5.69 Å². The first-order valence-electron chi connectivity index (χ1n) is 5.80. The first-order chi connectivity index (χ1) is 9.49. The molecule has 0 fully saturated rings. The molecule has 8 heteroatoms. The van der Waals surface area contributed by atoms with Crippen molar-refractivity contribution in [2.45, 2.75) is 19.8 Å². The molecular weight excluding hydrogens is 288 g/mol. The molecule has 0 heterocycles. The number of esters is 1. The van der Waals surface area contributed by atoms with Gasteiger partial charge in [-0.25, -0.2) is 4.79 Å². The third-order valence-electron chi connectivity index (χ3n) is 2.51. The highest BCUT2D eigenvalue weighted by molar-refractivity contribution is 6.36. The van der Waals surface area contributed by atoms with Gasteiger partial charge in [-0.1, -0.05) is 22.8 Å². The number of rotatable bonds is 6. The average Bonchev–Trinajstić information content (AvgIpc) is 2.41. The van der Waals surface area contributed by atoms with E-state index in [4.69, 9.17) is 21.5 Å². The van der Waals surface area contributed by atoms with Gasteiger partial charge in [-0.3, -0.25) is 10.1 Å². The number of nitro benzene ring substituents is 1. The van der Waals surface area contributed by atoms with Gasteiger partial charge in [0.15, 0.2) is 5.71 Å². The van der Waals surface area contributed by atoms with Crippen LogP contribution in [0.5, 0.6) is 0 Å². The number of hydrogen-bond acceptors (Lipinski definition) is 6. The lowest BCUT2D eigenvalue weighted by Crippen LogP contribution is -2.18. The second kappa shape index (κ2) is 7.44. The van der Waals surface area contributed by atoms with E-state index in [1.54, 1.807) is 6.92 Å². The zero-order valence-electron chi connectivity index (χ0n) is 10.7.